The van der Waals surface area contributed by atoms with E-state index in [-0.39, 0.29) is 12.3 Å². The van der Waals surface area contributed by atoms with Gasteiger partial charge in [-0.15, -0.1) is 0 Å². The lowest BCUT2D eigenvalue weighted by Crippen LogP contribution is -2.03. The number of hydrogen-bond acceptors (Lipinski definition) is 2. The lowest BCUT2D eigenvalue weighted by atomic mass is 9.98. The Morgan fingerprint density at radius 3 is 2.60 bits per heavy atom. The normalized spacial score (nSPS) is 11.8. The topological polar surface area (TPSA) is 46.5 Å². The van der Waals surface area contributed by atoms with Gasteiger partial charge >= 0.3 is 5.97 Å². The summed E-state index contributed by atoms with van der Waals surface area (Å²) in [6, 6.07) is 17.6. The maximum Gasteiger partial charge on any atom is 0.303 e. The second-order valence-electron chi connectivity index (χ2n) is 4.85. The summed E-state index contributed by atoms with van der Waals surface area (Å²) in [4.78, 5) is 10.7. The predicted octanol–water partition coefficient (Wildman–Crippen LogP) is 3.84. The molecule has 20 heavy (non-hydrogen) atoms. The maximum absolute atomic E-state index is 10.7. The van der Waals surface area contributed by atoms with Crippen LogP contribution in [0.5, 0.6) is 5.75 Å². The van der Waals surface area contributed by atoms with Crippen molar-refractivity contribution in [2.75, 3.05) is 0 Å². The quantitative estimate of drug-likeness (QED) is 0.867. The van der Waals surface area contributed by atoms with Gasteiger partial charge in [0.15, 0.2) is 0 Å². The Bertz CT molecular complexity index is 563. The van der Waals surface area contributed by atoms with Gasteiger partial charge in [-0.3, -0.25) is 4.79 Å². The summed E-state index contributed by atoms with van der Waals surface area (Å²) >= 11 is 0. The number of hydrogen-bond donors (Lipinski definition) is 1. The molecule has 1 atom stereocenters. The maximum atomic E-state index is 10.7. The van der Waals surface area contributed by atoms with Crippen LogP contribution >= 0.6 is 0 Å². The highest BCUT2D eigenvalue weighted by atomic mass is 16.5. The highest BCUT2D eigenvalue weighted by molar-refractivity contribution is 5.68. The number of rotatable bonds is 6. The lowest BCUT2D eigenvalue weighted by molar-refractivity contribution is -0.137. The average molecular weight is 270 g/mol. The first-order valence-electron chi connectivity index (χ1n) is 6.63. The zero-order valence-electron chi connectivity index (χ0n) is 11.5. The highest BCUT2D eigenvalue weighted by Gasteiger charge is 2.10. The summed E-state index contributed by atoms with van der Waals surface area (Å²) in [5.41, 5.74) is 2.09. The largest absolute Gasteiger partial charge is 0.489 e. The van der Waals surface area contributed by atoms with Crippen molar-refractivity contribution >= 4 is 5.97 Å². The van der Waals surface area contributed by atoms with Crippen molar-refractivity contribution in [1.29, 1.82) is 0 Å². The van der Waals surface area contributed by atoms with Gasteiger partial charge < -0.3 is 9.84 Å². The summed E-state index contributed by atoms with van der Waals surface area (Å²) in [7, 11) is 0. The van der Waals surface area contributed by atoms with Gasteiger partial charge in [-0.2, -0.15) is 0 Å². The van der Waals surface area contributed by atoms with Crippen LogP contribution in [-0.4, -0.2) is 11.1 Å². The molecule has 0 aliphatic heterocycles. The SMILES string of the molecule is CC(CC(=O)O)c1cccc(OCc2ccccc2)c1. The van der Waals surface area contributed by atoms with Crippen molar-refractivity contribution in [2.24, 2.45) is 0 Å². The van der Waals surface area contributed by atoms with Crippen molar-refractivity contribution in [3.8, 4) is 5.75 Å². The first kappa shape index (κ1) is 14.1. The highest BCUT2D eigenvalue weighted by Crippen LogP contribution is 2.23. The fourth-order valence-electron chi connectivity index (χ4n) is 2.03. The van der Waals surface area contributed by atoms with Gasteiger partial charge in [0.1, 0.15) is 12.4 Å². The molecule has 2 aromatic rings. The summed E-state index contributed by atoms with van der Waals surface area (Å²) in [6.07, 6.45) is 0.127. The number of aliphatic carboxylic acids is 1. The Morgan fingerprint density at radius 2 is 1.90 bits per heavy atom. The third-order valence-corrected chi connectivity index (χ3v) is 3.16. The van der Waals surface area contributed by atoms with E-state index < -0.39 is 5.97 Å². The first-order valence-corrected chi connectivity index (χ1v) is 6.63. The third kappa shape index (κ3) is 4.12. The molecule has 1 N–H and O–H groups in total. The standard InChI is InChI=1S/C17H18O3/c1-13(10-17(18)19)15-8-5-9-16(11-15)20-12-14-6-3-2-4-7-14/h2-9,11,13H,10,12H2,1H3,(H,18,19). The van der Waals surface area contributed by atoms with Crippen LogP contribution in [0.25, 0.3) is 0 Å². The number of ether oxygens (including phenoxy) is 1. The molecule has 0 aliphatic rings. The van der Waals surface area contributed by atoms with Crippen LogP contribution in [0, 0.1) is 0 Å². The van der Waals surface area contributed by atoms with Crippen LogP contribution in [0.4, 0.5) is 0 Å². The van der Waals surface area contributed by atoms with Crippen molar-refractivity contribution in [3.63, 3.8) is 0 Å². The van der Waals surface area contributed by atoms with E-state index in [4.69, 9.17) is 9.84 Å². The van der Waals surface area contributed by atoms with Crippen molar-refractivity contribution in [3.05, 3.63) is 65.7 Å². The molecule has 3 heteroatoms. The molecule has 0 fully saturated rings. The number of carboxylic acids is 1. The number of carbonyl (C=O) groups is 1. The van der Waals surface area contributed by atoms with Crippen LogP contribution < -0.4 is 4.74 Å². The predicted molar refractivity (Wildman–Crippen MR) is 77.9 cm³/mol. The van der Waals surface area contributed by atoms with E-state index in [1.54, 1.807) is 0 Å². The Hall–Kier alpha value is -2.29. The van der Waals surface area contributed by atoms with Gasteiger partial charge in [-0.05, 0) is 29.2 Å². The lowest BCUT2D eigenvalue weighted by Gasteiger charge is -2.12. The van der Waals surface area contributed by atoms with Crippen molar-refractivity contribution < 1.29 is 14.6 Å². The molecule has 3 nitrogen and oxygen atoms in total. The summed E-state index contributed by atoms with van der Waals surface area (Å²) in [6.45, 7) is 2.42. The molecule has 104 valence electrons. The van der Waals surface area contributed by atoms with Crippen LogP contribution in [0.1, 0.15) is 30.4 Å². The summed E-state index contributed by atoms with van der Waals surface area (Å²) in [5.74, 6) is -0.0375. The van der Waals surface area contributed by atoms with Gasteiger partial charge in [-0.25, -0.2) is 0 Å². The van der Waals surface area contributed by atoms with Gasteiger partial charge in [0.2, 0.25) is 0 Å². The minimum Gasteiger partial charge on any atom is -0.489 e. The molecule has 1 unspecified atom stereocenters. The van der Waals surface area contributed by atoms with Gasteiger partial charge in [0, 0.05) is 0 Å². The third-order valence-electron chi connectivity index (χ3n) is 3.16. The second-order valence-corrected chi connectivity index (χ2v) is 4.85. The van der Waals surface area contributed by atoms with E-state index >= 15 is 0 Å². The average Bonchev–Trinajstić information content (AvgIpc) is 2.46. The van der Waals surface area contributed by atoms with Crippen LogP contribution in [0.15, 0.2) is 54.6 Å². The zero-order valence-corrected chi connectivity index (χ0v) is 11.5. The summed E-state index contributed by atoms with van der Waals surface area (Å²) < 4.78 is 5.74. The molecular weight excluding hydrogens is 252 g/mol. The Morgan fingerprint density at radius 1 is 1.15 bits per heavy atom. The van der Waals surface area contributed by atoms with Crippen LogP contribution in [-0.2, 0) is 11.4 Å². The molecule has 0 bridgehead atoms. The monoisotopic (exact) mass is 270 g/mol. The van der Waals surface area contributed by atoms with E-state index in [1.165, 1.54) is 0 Å². The van der Waals surface area contributed by atoms with Crippen molar-refractivity contribution in [2.45, 2.75) is 25.9 Å². The molecule has 0 saturated heterocycles. The van der Waals surface area contributed by atoms with E-state index in [2.05, 4.69) is 0 Å². The number of carboxylic acid groups (broad SMARTS) is 1. The summed E-state index contributed by atoms with van der Waals surface area (Å²) in [5, 5.41) is 8.84. The molecular formula is C17H18O3. The Balaban J connectivity index is 2.01. The fourth-order valence-corrected chi connectivity index (χ4v) is 2.03. The van der Waals surface area contributed by atoms with Crippen LogP contribution in [0.2, 0.25) is 0 Å². The molecule has 0 amide bonds. The van der Waals surface area contributed by atoms with Crippen LogP contribution in [0.3, 0.4) is 0 Å². The molecule has 2 aromatic carbocycles. The smallest absolute Gasteiger partial charge is 0.303 e. The molecule has 0 spiro atoms. The molecule has 0 aliphatic carbocycles. The van der Waals surface area contributed by atoms with Crippen molar-refractivity contribution in [1.82, 2.24) is 0 Å². The van der Waals surface area contributed by atoms with Gasteiger partial charge in [0.25, 0.3) is 0 Å². The van der Waals surface area contributed by atoms with Gasteiger partial charge in [0.05, 0.1) is 6.42 Å². The minimum atomic E-state index is -0.784. The number of benzene rings is 2. The Labute approximate surface area is 118 Å². The fraction of sp³-hybridized carbons (Fsp3) is 0.235. The first-order chi connectivity index (χ1) is 9.65. The molecule has 0 heterocycles. The van der Waals surface area contributed by atoms with E-state index in [0.717, 1.165) is 16.9 Å². The minimum absolute atomic E-state index is 0.0206. The van der Waals surface area contributed by atoms with E-state index in [0.29, 0.717) is 6.61 Å². The second kappa shape index (κ2) is 6.75. The molecule has 0 radical (unpaired) electrons. The van der Waals surface area contributed by atoms with E-state index in [9.17, 15) is 4.79 Å². The molecule has 0 saturated carbocycles. The van der Waals surface area contributed by atoms with E-state index in [1.807, 2.05) is 61.5 Å². The van der Waals surface area contributed by atoms with Gasteiger partial charge in [-0.1, -0.05) is 49.4 Å². The molecule has 2 rings (SSSR count). The zero-order chi connectivity index (χ0) is 14.4. The molecule has 0 aromatic heterocycles. The Kier molecular flexibility index (Phi) is 4.77.